The van der Waals surface area contributed by atoms with E-state index in [0.29, 0.717) is 37.2 Å². The van der Waals surface area contributed by atoms with Crippen LogP contribution in [-0.4, -0.2) is 108 Å². The molecule has 3 saturated heterocycles. The van der Waals surface area contributed by atoms with Gasteiger partial charge < -0.3 is 19.4 Å². The van der Waals surface area contributed by atoms with Crippen molar-refractivity contribution in [1.82, 2.24) is 24.7 Å². The Morgan fingerprint density at radius 3 is 2.58 bits per heavy atom. The van der Waals surface area contributed by atoms with Crippen LogP contribution in [0.5, 0.6) is 6.01 Å². The van der Waals surface area contributed by atoms with Gasteiger partial charge in [0.1, 0.15) is 12.4 Å². The number of aryl methyl sites for hydroxylation is 1. The molecule has 0 amide bonds. The molecule has 238 valence electrons. The molecule has 9 heteroatoms. The number of ether oxygens (including phenoxy) is 1. The lowest BCUT2D eigenvalue weighted by Gasteiger charge is -2.42. The number of anilines is 2. The molecular weight excluding hydrogens is 560 g/mol. The summed E-state index contributed by atoms with van der Waals surface area (Å²) in [4.78, 5) is 22.6. The number of likely N-dealkylation sites (tertiary alicyclic amines) is 1. The maximum absolute atomic E-state index is 9.79. The van der Waals surface area contributed by atoms with E-state index in [1.54, 1.807) is 0 Å². The monoisotopic (exact) mass is 608 g/mol. The van der Waals surface area contributed by atoms with E-state index in [1.165, 1.54) is 40.6 Å². The first-order valence-corrected chi connectivity index (χ1v) is 17.0. The second kappa shape index (κ2) is 12.7. The molecule has 7 rings (SSSR count). The molecule has 0 aliphatic carbocycles. The predicted molar refractivity (Wildman–Crippen MR) is 180 cm³/mol. The van der Waals surface area contributed by atoms with Crippen LogP contribution in [0.4, 0.5) is 11.5 Å². The molecule has 3 fully saturated rings. The SMILES string of the molecule is Cc1cccc2cccc(N3CCc4c(nc(OCC5CCCN5C)nc4N4CCN(CC5CN5C(C)C)C(CC#N)C4)C3)c12. The van der Waals surface area contributed by atoms with Gasteiger partial charge in [0.25, 0.3) is 0 Å². The van der Waals surface area contributed by atoms with Crippen molar-refractivity contribution < 1.29 is 4.74 Å². The van der Waals surface area contributed by atoms with E-state index in [9.17, 15) is 5.26 Å². The fraction of sp³-hybridized carbons (Fsp3) is 0.583. The van der Waals surface area contributed by atoms with Crippen molar-refractivity contribution in [3.63, 3.8) is 0 Å². The normalized spacial score (nSPS) is 25.5. The van der Waals surface area contributed by atoms with Crippen LogP contribution in [0.15, 0.2) is 36.4 Å². The van der Waals surface area contributed by atoms with Gasteiger partial charge in [-0.2, -0.15) is 15.2 Å². The molecule has 0 saturated carbocycles. The summed E-state index contributed by atoms with van der Waals surface area (Å²) in [5.74, 6) is 1.02. The number of hydrogen-bond donors (Lipinski definition) is 0. The summed E-state index contributed by atoms with van der Waals surface area (Å²) < 4.78 is 6.40. The fourth-order valence-corrected chi connectivity index (χ4v) is 7.94. The van der Waals surface area contributed by atoms with Crippen LogP contribution in [0, 0.1) is 18.3 Å². The lowest BCUT2D eigenvalue weighted by molar-refractivity contribution is 0.169. The molecule has 3 aromatic rings. The molecule has 9 nitrogen and oxygen atoms in total. The molecule has 1 aromatic heterocycles. The Morgan fingerprint density at radius 1 is 0.978 bits per heavy atom. The number of piperazine rings is 1. The third-order valence-electron chi connectivity index (χ3n) is 10.6. The van der Waals surface area contributed by atoms with Gasteiger partial charge in [0.15, 0.2) is 0 Å². The van der Waals surface area contributed by atoms with Gasteiger partial charge in [-0.15, -0.1) is 0 Å². The molecule has 0 radical (unpaired) electrons. The maximum Gasteiger partial charge on any atom is 0.318 e. The highest BCUT2D eigenvalue weighted by Gasteiger charge is 2.40. The smallest absolute Gasteiger partial charge is 0.318 e. The number of benzene rings is 2. The molecule has 2 aromatic carbocycles. The zero-order chi connectivity index (χ0) is 31.1. The summed E-state index contributed by atoms with van der Waals surface area (Å²) >= 11 is 0. The molecule has 4 aliphatic heterocycles. The Morgan fingerprint density at radius 2 is 1.82 bits per heavy atom. The van der Waals surface area contributed by atoms with Gasteiger partial charge in [-0.05, 0) is 70.6 Å². The molecule has 4 atom stereocenters. The Labute approximate surface area is 268 Å². The summed E-state index contributed by atoms with van der Waals surface area (Å²) in [5, 5.41) is 12.4. The molecule has 4 aliphatic rings. The van der Waals surface area contributed by atoms with Gasteiger partial charge in [-0.25, -0.2) is 0 Å². The van der Waals surface area contributed by atoms with E-state index in [4.69, 9.17) is 14.7 Å². The number of rotatable bonds is 9. The maximum atomic E-state index is 9.79. The van der Waals surface area contributed by atoms with Crippen LogP contribution in [0.1, 0.15) is 49.9 Å². The predicted octanol–water partition coefficient (Wildman–Crippen LogP) is 4.47. The van der Waals surface area contributed by atoms with Crippen molar-refractivity contribution in [3.8, 4) is 12.1 Å². The van der Waals surface area contributed by atoms with Crippen molar-refractivity contribution in [3.05, 3.63) is 53.2 Å². The fourth-order valence-electron chi connectivity index (χ4n) is 7.94. The summed E-state index contributed by atoms with van der Waals surface area (Å²) in [7, 11) is 2.18. The highest BCUT2D eigenvalue weighted by molar-refractivity contribution is 5.97. The van der Waals surface area contributed by atoms with Gasteiger partial charge in [-0.3, -0.25) is 9.80 Å². The number of hydrogen-bond acceptors (Lipinski definition) is 9. The highest BCUT2D eigenvalue weighted by Crippen LogP contribution is 2.36. The molecule has 0 spiro atoms. The van der Waals surface area contributed by atoms with Gasteiger partial charge in [0, 0.05) is 80.1 Å². The minimum Gasteiger partial charge on any atom is -0.462 e. The van der Waals surface area contributed by atoms with Gasteiger partial charge >= 0.3 is 6.01 Å². The van der Waals surface area contributed by atoms with Crippen LogP contribution in [0.2, 0.25) is 0 Å². The minimum absolute atomic E-state index is 0.194. The van der Waals surface area contributed by atoms with E-state index in [1.807, 2.05) is 0 Å². The highest BCUT2D eigenvalue weighted by atomic mass is 16.5. The molecule has 4 unspecified atom stereocenters. The third-order valence-corrected chi connectivity index (χ3v) is 10.6. The summed E-state index contributed by atoms with van der Waals surface area (Å²) in [6.07, 6.45) is 3.77. The summed E-state index contributed by atoms with van der Waals surface area (Å²) in [5.41, 5.74) is 4.87. The van der Waals surface area contributed by atoms with Gasteiger partial charge in [-0.1, -0.05) is 30.3 Å². The molecule has 45 heavy (non-hydrogen) atoms. The number of aromatic nitrogens is 2. The Bertz CT molecular complexity index is 1560. The van der Waals surface area contributed by atoms with Crippen molar-refractivity contribution >= 4 is 22.3 Å². The van der Waals surface area contributed by atoms with Crippen LogP contribution in [-0.2, 0) is 13.0 Å². The van der Waals surface area contributed by atoms with E-state index in [-0.39, 0.29) is 6.04 Å². The number of fused-ring (bicyclic) bond motifs is 2. The van der Waals surface area contributed by atoms with Crippen molar-refractivity contribution in [1.29, 1.82) is 5.26 Å². The molecule has 0 N–H and O–H groups in total. The first kappa shape index (κ1) is 30.2. The summed E-state index contributed by atoms with van der Waals surface area (Å²) in [6, 6.07) is 17.9. The number of nitrogens with zero attached hydrogens (tertiary/aromatic N) is 8. The number of likely N-dealkylation sites (N-methyl/N-ethyl adjacent to an activating group) is 1. The largest absolute Gasteiger partial charge is 0.462 e. The first-order valence-electron chi connectivity index (χ1n) is 17.0. The standard InChI is InChI=1S/C36H48N8O/c1-25(2)44-22-30(44)21-41-18-19-43(20-28(41)13-15-37)35-31-14-17-42(33-12-6-10-27-9-5-8-26(3)34(27)33)23-32(31)38-36(39-35)45-24-29-11-7-16-40(29)4/h5-6,8-10,12,25,28-30H,7,11,13-14,16-24H2,1-4H3. The minimum atomic E-state index is 0.194. The lowest BCUT2D eigenvalue weighted by atomic mass is 9.99. The zero-order valence-corrected chi connectivity index (χ0v) is 27.5. The summed E-state index contributed by atoms with van der Waals surface area (Å²) in [6.45, 7) is 15.0. The average molecular weight is 609 g/mol. The Kier molecular flexibility index (Phi) is 8.56. The molecule has 0 bridgehead atoms. The van der Waals surface area contributed by atoms with E-state index < -0.39 is 0 Å². The van der Waals surface area contributed by atoms with Crippen molar-refractivity contribution in [2.24, 2.45) is 0 Å². The Hall–Kier alpha value is -3.45. The first-order chi connectivity index (χ1) is 21.9. The topological polar surface area (TPSA) is 74.8 Å². The molecular formula is C36H48N8O. The van der Waals surface area contributed by atoms with E-state index >= 15 is 0 Å². The quantitative estimate of drug-likeness (QED) is 0.327. The third kappa shape index (κ3) is 6.20. The van der Waals surface area contributed by atoms with E-state index in [2.05, 4.69) is 94.8 Å². The lowest BCUT2D eigenvalue weighted by Crippen LogP contribution is -2.55. The number of nitriles is 1. The van der Waals surface area contributed by atoms with E-state index in [0.717, 1.165) is 70.2 Å². The van der Waals surface area contributed by atoms with Gasteiger partial charge in [0.05, 0.1) is 24.7 Å². The second-order valence-electron chi connectivity index (χ2n) is 13.9. The molecule has 5 heterocycles. The van der Waals surface area contributed by atoms with Gasteiger partial charge in [0.2, 0.25) is 0 Å². The zero-order valence-electron chi connectivity index (χ0n) is 27.5. The van der Waals surface area contributed by atoms with Crippen LogP contribution in [0.25, 0.3) is 10.8 Å². The van der Waals surface area contributed by atoms with Crippen molar-refractivity contribution in [2.75, 3.05) is 69.3 Å². The second-order valence-corrected chi connectivity index (χ2v) is 13.9. The Balaban J connectivity index is 1.17. The van der Waals surface area contributed by atoms with Crippen LogP contribution in [0.3, 0.4) is 0 Å². The van der Waals surface area contributed by atoms with Crippen LogP contribution < -0.4 is 14.5 Å². The van der Waals surface area contributed by atoms with Crippen molar-refractivity contribution in [2.45, 2.75) is 77.2 Å². The van der Waals surface area contributed by atoms with Crippen LogP contribution >= 0.6 is 0 Å². The average Bonchev–Trinajstić information content (AvgIpc) is 3.70.